The summed E-state index contributed by atoms with van der Waals surface area (Å²) in [6.45, 7) is 5.44. The van der Waals surface area contributed by atoms with E-state index in [0.29, 0.717) is 12.5 Å². The van der Waals surface area contributed by atoms with Gasteiger partial charge in [-0.15, -0.1) is 0 Å². The molecule has 0 aliphatic carbocycles. The molecular weight excluding hydrogens is 248 g/mol. The third-order valence-electron chi connectivity index (χ3n) is 3.34. The minimum absolute atomic E-state index is 0.302. The standard InChI is InChI=1S/C13H20N2O2S/c1-10-8-14(3)12-7-5-6-11(2)13(12)15(9-10)18(4,16)17/h5-7,10H,8-9H2,1-4H3. The molecule has 0 saturated carbocycles. The zero-order chi connectivity index (χ0) is 13.5. The lowest BCUT2D eigenvalue weighted by molar-refractivity contribution is 0.570. The van der Waals surface area contributed by atoms with Crippen molar-refractivity contribution in [3.63, 3.8) is 0 Å². The SMILES string of the molecule is Cc1cccc2c1N(S(C)(=O)=O)CC(C)CN2C. The second kappa shape index (κ2) is 4.46. The molecular formula is C13H20N2O2S. The molecule has 1 aliphatic heterocycles. The molecule has 0 N–H and O–H groups in total. The summed E-state index contributed by atoms with van der Waals surface area (Å²) in [7, 11) is -1.22. The lowest BCUT2D eigenvalue weighted by Gasteiger charge is -2.26. The second-order valence-corrected chi connectivity index (χ2v) is 7.13. The zero-order valence-electron chi connectivity index (χ0n) is 11.3. The van der Waals surface area contributed by atoms with E-state index in [4.69, 9.17) is 0 Å². The van der Waals surface area contributed by atoms with Crippen LogP contribution in [-0.2, 0) is 10.0 Å². The monoisotopic (exact) mass is 268 g/mol. The molecule has 1 heterocycles. The van der Waals surface area contributed by atoms with E-state index >= 15 is 0 Å². The molecule has 1 atom stereocenters. The van der Waals surface area contributed by atoms with Crippen molar-refractivity contribution < 1.29 is 8.42 Å². The largest absolute Gasteiger partial charge is 0.373 e. The van der Waals surface area contributed by atoms with Gasteiger partial charge in [0.05, 0.1) is 17.6 Å². The number of hydrogen-bond acceptors (Lipinski definition) is 3. The Morgan fingerprint density at radius 3 is 2.56 bits per heavy atom. The van der Waals surface area contributed by atoms with Crippen LogP contribution in [0.4, 0.5) is 11.4 Å². The highest BCUT2D eigenvalue weighted by Crippen LogP contribution is 2.36. The summed E-state index contributed by atoms with van der Waals surface area (Å²) in [5, 5.41) is 0. The number of nitrogens with zero attached hydrogens (tertiary/aromatic N) is 2. The Labute approximate surface area is 109 Å². The number of rotatable bonds is 1. The summed E-state index contributed by atoms with van der Waals surface area (Å²) in [6, 6.07) is 5.92. The van der Waals surface area contributed by atoms with Crippen molar-refractivity contribution >= 4 is 21.4 Å². The maximum absolute atomic E-state index is 12.0. The first kappa shape index (κ1) is 13.2. The summed E-state index contributed by atoms with van der Waals surface area (Å²) in [6.07, 6.45) is 1.28. The van der Waals surface area contributed by atoms with E-state index in [1.165, 1.54) is 6.26 Å². The van der Waals surface area contributed by atoms with Crippen molar-refractivity contribution in [3.05, 3.63) is 23.8 Å². The van der Waals surface area contributed by atoms with Crippen molar-refractivity contribution in [2.75, 3.05) is 35.6 Å². The van der Waals surface area contributed by atoms with Crippen LogP contribution in [0.5, 0.6) is 0 Å². The summed E-state index contributed by atoms with van der Waals surface area (Å²) in [5.41, 5.74) is 2.82. The molecule has 100 valence electrons. The van der Waals surface area contributed by atoms with Gasteiger partial charge in [0.25, 0.3) is 0 Å². The van der Waals surface area contributed by atoms with E-state index in [1.54, 1.807) is 4.31 Å². The van der Waals surface area contributed by atoms with E-state index < -0.39 is 10.0 Å². The molecule has 0 fully saturated rings. The lowest BCUT2D eigenvalue weighted by Crippen LogP contribution is -2.34. The summed E-state index contributed by atoms with van der Waals surface area (Å²) < 4.78 is 25.6. The van der Waals surface area contributed by atoms with Crippen LogP contribution in [0.1, 0.15) is 12.5 Å². The van der Waals surface area contributed by atoms with Crippen molar-refractivity contribution in [3.8, 4) is 0 Å². The summed E-state index contributed by atoms with van der Waals surface area (Å²) in [5.74, 6) is 0.302. The van der Waals surface area contributed by atoms with Crippen LogP contribution in [0.15, 0.2) is 18.2 Å². The number of aryl methyl sites for hydroxylation is 1. The molecule has 0 spiro atoms. The molecule has 1 aliphatic rings. The number of hydrogen-bond donors (Lipinski definition) is 0. The quantitative estimate of drug-likeness (QED) is 0.780. The number of sulfonamides is 1. The number of anilines is 2. The van der Waals surface area contributed by atoms with E-state index in [9.17, 15) is 8.42 Å². The van der Waals surface area contributed by atoms with E-state index in [-0.39, 0.29) is 0 Å². The maximum atomic E-state index is 12.0. The van der Waals surface area contributed by atoms with Crippen LogP contribution in [0.2, 0.25) is 0 Å². The van der Waals surface area contributed by atoms with Crippen LogP contribution in [0.25, 0.3) is 0 Å². The molecule has 5 heteroatoms. The van der Waals surface area contributed by atoms with Crippen LogP contribution in [0, 0.1) is 12.8 Å². The summed E-state index contributed by atoms with van der Waals surface area (Å²) in [4.78, 5) is 2.14. The van der Waals surface area contributed by atoms with Crippen LogP contribution < -0.4 is 9.21 Å². The van der Waals surface area contributed by atoms with Gasteiger partial charge in [-0.1, -0.05) is 19.1 Å². The Morgan fingerprint density at radius 1 is 1.28 bits per heavy atom. The van der Waals surface area contributed by atoms with E-state index in [2.05, 4.69) is 11.8 Å². The molecule has 0 saturated heterocycles. The Kier molecular flexibility index (Phi) is 3.27. The molecule has 0 radical (unpaired) electrons. The number of fused-ring (bicyclic) bond motifs is 1. The van der Waals surface area contributed by atoms with Gasteiger partial charge in [-0.25, -0.2) is 8.42 Å². The van der Waals surface area contributed by atoms with Gasteiger partial charge in [0.15, 0.2) is 0 Å². The number of para-hydroxylation sites is 1. The van der Waals surface area contributed by atoms with E-state index in [1.807, 2.05) is 32.2 Å². The minimum Gasteiger partial charge on any atom is -0.373 e. The first-order valence-corrected chi connectivity index (χ1v) is 7.94. The van der Waals surface area contributed by atoms with Gasteiger partial charge < -0.3 is 4.90 Å². The van der Waals surface area contributed by atoms with Crippen molar-refractivity contribution in [2.45, 2.75) is 13.8 Å². The molecule has 0 bridgehead atoms. The Morgan fingerprint density at radius 2 is 1.94 bits per heavy atom. The highest BCUT2D eigenvalue weighted by molar-refractivity contribution is 7.92. The van der Waals surface area contributed by atoms with Gasteiger partial charge in [0.1, 0.15) is 0 Å². The van der Waals surface area contributed by atoms with Crippen molar-refractivity contribution in [1.29, 1.82) is 0 Å². The predicted octanol–water partition coefficient (Wildman–Crippen LogP) is 1.85. The van der Waals surface area contributed by atoms with Crippen LogP contribution in [-0.4, -0.2) is 34.8 Å². The molecule has 1 aromatic carbocycles. The number of benzene rings is 1. The Hall–Kier alpha value is -1.23. The van der Waals surface area contributed by atoms with Crippen LogP contribution in [0.3, 0.4) is 0 Å². The average molecular weight is 268 g/mol. The second-order valence-electron chi connectivity index (χ2n) is 5.22. The third-order valence-corrected chi connectivity index (χ3v) is 4.47. The van der Waals surface area contributed by atoms with Gasteiger partial charge in [-0.05, 0) is 24.5 Å². The fourth-order valence-corrected chi connectivity index (χ4v) is 3.67. The first-order valence-electron chi connectivity index (χ1n) is 6.09. The molecule has 2 rings (SSSR count). The van der Waals surface area contributed by atoms with Gasteiger partial charge in [0.2, 0.25) is 10.0 Å². The molecule has 4 nitrogen and oxygen atoms in total. The molecule has 1 aromatic rings. The molecule has 18 heavy (non-hydrogen) atoms. The average Bonchev–Trinajstić information content (AvgIpc) is 2.36. The summed E-state index contributed by atoms with van der Waals surface area (Å²) >= 11 is 0. The smallest absolute Gasteiger partial charge is 0.232 e. The van der Waals surface area contributed by atoms with Gasteiger partial charge in [0, 0.05) is 20.1 Å². The van der Waals surface area contributed by atoms with Gasteiger partial charge in [-0.3, -0.25) is 4.31 Å². The maximum Gasteiger partial charge on any atom is 0.232 e. The van der Waals surface area contributed by atoms with Crippen LogP contribution >= 0.6 is 0 Å². The topological polar surface area (TPSA) is 40.6 Å². The van der Waals surface area contributed by atoms with Gasteiger partial charge >= 0.3 is 0 Å². The highest BCUT2D eigenvalue weighted by Gasteiger charge is 2.28. The van der Waals surface area contributed by atoms with Crippen molar-refractivity contribution in [1.82, 2.24) is 0 Å². The fraction of sp³-hybridized carbons (Fsp3) is 0.538. The molecule has 0 aromatic heterocycles. The minimum atomic E-state index is -3.23. The normalized spacial score (nSPS) is 20.6. The first-order chi connectivity index (χ1) is 8.30. The van der Waals surface area contributed by atoms with Crippen molar-refractivity contribution in [2.24, 2.45) is 5.92 Å². The highest BCUT2D eigenvalue weighted by atomic mass is 32.2. The fourth-order valence-electron chi connectivity index (χ4n) is 2.58. The van der Waals surface area contributed by atoms with Gasteiger partial charge in [-0.2, -0.15) is 0 Å². The molecule has 0 amide bonds. The predicted molar refractivity (Wildman–Crippen MR) is 75.8 cm³/mol. The Bertz CT molecular complexity index is 554. The van der Waals surface area contributed by atoms with E-state index in [0.717, 1.165) is 23.5 Å². The lowest BCUT2D eigenvalue weighted by atomic mass is 10.1. The Balaban J connectivity index is 2.66. The zero-order valence-corrected chi connectivity index (χ0v) is 12.2. The molecule has 1 unspecified atom stereocenters. The third kappa shape index (κ3) is 2.32.